The topological polar surface area (TPSA) is 99.2 Å². The van der Waals surface area contributed by atoms with E-state index < -0.39 is 4.92 Å². The maximum atomic E-state index is 11.0. The molecule has 3 aromatic rings. The van der Waals surface area contributed by atoms with Gasteiger partial charge < -0.3 is 4.90 Å². The molecule has 1 fully saturated rings. The normalized spacial score (nSPS) is 14.8. The minimum Gasteiger partial charge on any atom is -0.354 e. The molecule has 2 aromatic heterocycles. The summed E-state index contributed by atoms with van der Waals surface area (Å²) in [7, 11) is 0. The van der Waals surface area contributed by atoms with Crippen LogP contribution in [-0.2, 0) is 6.54 Å². The van der Waals surface area contributed by atoms with Gasteiger partial charge in [-0.15, -0.1) is 0 Å². The third kappa shape index (κ3) is 3.61. The van der Waals surface area contributed by atoms with Crippen LogP contribution in [0.4, 0.5) is 11.5 Å². The van der Waals surface area contributed by atoms with Gasteiger partial charge in [-0.3, -0.25) is 20.0 Å². The number of aromatic nitrogens is 2. The number of non-ortho nitro benzene ring substituents is 1. The summed E-state index contributed by atoms with van der Waals surface area (Å²) in [5.41, 5.74) is 2.00. The predicted octanol–water partition coefficient (Wildman–Crippen LogP) is 2.73. The number of rotatable bonds is 4. The number of nitriles is 1. The fourth-order valence-electron chi connectivity index (χ4n) is 3.42. The van der Waals surface area contributed by atoms with Crippen LogP contribution < -0.4 is 4.90 Å². The van der Waals surface area contributed by atoms with Crippen LogP contribution in [0.2, 0.25) is 0 Å². The maximum Gasteiger partial charge on any atom is 0.270 e. The lowest BCUT2D eigenvalue weighted by Gasteiger charge is -2.35. The second kappa shape index (κ2) is 7.58. The summed E-state index contributed by atoms with van der Waals surface area (Å²) < 4.78 is 0. The van der Waals surface area contributed by atoms with Crippen molar-refractivity contribution >= 4 is 22.4 Å². The van der Waals surface area contributed by atoms with E-state index in [2.05, 4.69) is 25.8 Å². The Labute approximate surface area is 161 Å². The first-order valence-corrected chi connectivity index (χ1v) is 9.00. The van der Waals surface area contributed by atoms with Gasteiger partial charge in [0.05, 0.1) is 27.8 Å². The van der Waals surface area contributed by atoms with Gasteiger partial charge in [0.2, 0.25) is 0 Å². The highest BCUT2D eigenvalue weighted by Crippen LogP contribution is 2.27. The van der Waals surface area contributed by atoms with Crippen LogP contribution in [0.3, 0.4) is 0 Å². The molecule has 3 heterocycles. The Morgan fingerprint density at radius 2 is 1.96 bits per heavy atom. The zero-order valence-corrected chi connectivity index (χ0v) is 15.2. The van der Waals surface area contributed by atoms with Crippen LogP contribution in [0.15, 0.2) is 48.7 Å². The summed E-state index contributed by atoms with van der Waals surface area (Å²) in [6.07, 6.45) is 1.80. The second-order valence-corrected chi connectivity index (χ2v) is 6.68. The molecule has 0 aliphatic carbocycles. The van der Waals surface area contributed by atoms with Gasteiger partial charge in [0.25, 0.3) is 5.69 Å². The average Bonchev–Trinajstić information content (AvgIpc) is 2.73. The number of hydrogen-bond acceptors (Lipinski definition) is 7. The first-order valence-electron chi connectivity index (χ1n) is 9.00. The van der Waals surface area contributed by atoms with E-state index >= 15 is 0 Å². The number of anilines is 1. The van der Waals surface area contributed by atoms with Crippen molar-refractivity contribution in [2.24, 2.45) is 0 Å². The average molecular weight is 374 g/mol. The summed E-state index contributed by atoms with van der Waals surface area (Å²) in [4.78, 5) is 24.0. The quantitative estimate of drug-likeness (QED) is 0.511. The molecule has 1 aromatic carbocycles. The zero-order chi connectivity index (χ0) is 19.5. The summed E-state index contributed by atoms with van der Waals surface area (Å²) >= 11 is 0. The van der Waals surface area contributed by atoms with Crippen molar-refractivity contribution in [1.29, 1.82) is 5.26 Å². The van der Waals surface area contributed by atoms with E-state index in [-0.39, 0.29) is 5.69 Å². The fraction of sp³-hybridized carbons (Fsp3) is 0.250. The molecule has 4 rings (SSSR count). The molecule has 28 heavy (non-hydrogen) atoms. The van der Waals surface area contributed by atoms with Gasteiger partial charge in [-0.25, -0.2) is 4.98 Å². The van der Waals surface area contributed by atoms with Crippen molar-refractivity contribution in [3.63, 3.8) is 0 Å². The third-order valence-corrected chi connectivity index (χ3v) is 4.92. The SMILES string of the molecule is N#Cc1cc(N2CCN(Cc3ccccn3)CC2)nc2ccc([N+](=O)[O-])cc12. The Bertz CT molecular complexity index is 1060. The molecule has 8 heteroatoms. The number of piperazine rings is 1. The largest absolute Gasteiger partial charge is 0.354 e. The molecule has 8 nitrogen and oxygen atoms in total. The monoisotopic (exact) mass is 374 g/mol. The van der Waals surface area contributed by atoms with Gasteiger partial charge in [-0.05, 0) is 24.3 Å². The summed E-state index contributed by atoms with van der Waals surface area (Å²) in [6.45, 7) is 4.15. The predicted molar refractivity (Wildman–Crippen MR) is 105 cm³/mol. The molecule has 1 aliphatic rings. The molecule has 140 valence electrons. The van der Waals surface area contributed by atoms with Crippen molar-refractivity contribution in [1.82, 2.24) is 14.9 Å². The van der Waals surface area contributed by atoms with Gasteiger partial charge in [0, 0.05) is 56.4 Å². The number of benzene rings is 1. The molecular formula is C20H18N6O2. The number of fused-ring (bicyclic) bond motifs is 1. The van der Waals surface area contributed by atoms with Crippen molar-refractivity contribution in [2.45, 2.75) is 6.54 Å². The molecule has 0 spiro atoms. The lowest BCUT2D eigenvalue weighted by Crippen LogP contribution is -2.46. The smallest absolute Gasteiger partial charge is 0.270 e. The highest BCUT2D eigenvalue weighted by atomic mass is 16.6. The number of nitro groups is 1. The summed E-state index contributed by atoms with van der Waals surface area (Å²) in [5.74, 6) is 0.732. The Hall–Kier alpha value is -3.57. The van der Waals surface area contributed by atoms with Gasteiger partial charge in [0.1, 0.15) is 5.82 Å². The van der Waals surface area contributed by atoms with Crippen LogP contribution in [0.1, 0.15) is 11.3 Å². The van der Waals surface area contributed by atoms with E-state index in [1.807, 2.05) is 18.2 Å². The maximum absolute atomic E-state index is 11.0. The van der Waals surface area contributed by atoms with E-state index in [0.29, 0.717) is 16.5 Å². The fourth-order valence-corrected chi connectivity index (χ4v) is 3.42. The van der Waals surface area contributed by atoms with Crippen LogP contribution in [0.5, 0.6) is 0 Å². The number of hydrogen-bond donors (Lipinski definition) is 0. The van der Waals surface area contributed by atoms with Crippen molar-refractivity contribution in [3.8, 4) is 6.07 Å². The molecule has 0 bridgehead atoms. The highest BCUT2D eigenvalue weighted by molar-refractivity contribution is 5.88. The second-order valence-electron chi connectivity index (χ2n) is 6.68. The van der Waals surface area contributed by atoms with Crippen LogP contribution in [-0.4, -0.2) is 46.0 Å². The van der Waals surface area contributed by atoms with E-state index in [1.54, 1.807) is 18.3 Å². The van der Waals surface area contributed by atoms with Crippen LogP contribution in [0.25, 0.3) is 10.9 Å². The van der Waals surface area contributed by atoms with Crippen molar-refractivity contribution < 1.29 is 4.92 Å². The lowest BCUT2D eigenvalue weighted by molar-refractivity contribution is -0.384. The lowest BCUT2D eigenvalue weighted by atomic mass is 10.1. The van der Waals surface area contributed by atoms with E-state index in [9.17, 15) is 15.4 Å². The molecular weight excluding hydrogens is 356 g/mol. The molecule has 0 atom stereocenters. The molecule has 0 unspecified atom stereocenters. The zero-order valence-electron chi connectivity index (χ0n) is 15.2. The minimum atomic E-state index is -0.463. The summed E-state index contributed by atoms with van der Waals surface area (Å²) in [5, 5.41) is 21.0. The molecule has 1 saturated heterocycles. The molecule has 0 saturated carbocycles. The molecule has 0 amide bonds. The first-order chi connectivity index (χ1) is 13.6. The van der Waals surface area contributed by atoms with Crippen LogP contribution in [0, 0.1) is 21.4 Å². The van der Waals surface area contributed by atoms with E-state index in [4.69, 9.17) is 0 Å². The molecule has 0 radical (unpaired) electrons. The van der Waals surface area contributed by atoms with E-state index in [0.717, 1.165) is 44.2 Å². The van der Waals surface area contributed by atoms with E-state index in [1.165, 1.54) is 12.1 Å². The Balaban J connectivity index is 1.53. The van der Waals surface area contributed by atoms with Crippen molar-refractivity contribution in [2.75, 3.05) is 31.1 Å². The molecule has 1 aliphatic heterocycles. The van der Waals surface area contributed by atoms with Gasteiger partial charge >= 0.3 is 0 Å². The Morgan fingerprint density at radius 1 is 1.14 bits per heavy atom. The van der Waals surface area contributed by atoms with Crippen LogP contribution >= 0.6 is 0 Å². The minimum absolute atomic E-state index is 0.0401. The van der Waals surface area contributed by atoms with Gasteiger partial charge in [0.15, 0.2) is 0 Å². The first kappa shape index (κ1) is 17.8. The third-order valence-electron chi connectivity index (χ3n) is 4.92. The highest BCUT2D eigenvalue weighted by Gasteiger charge is 2.20. The Morgan fingerprint density at radius 3 is 2.64 bits per heavy atom. The molecule has 0 N–H and O–H groups in total. The Kier molecular flexibility index (Phi) is 4.83. The van der Waals surface area contributed by atoms with Crippen molar-refractivity contribution in [3.05, 3.63) is 70.0 Å². The number of nitrogens with zero attached hydrogens (tertiary/aromatic N) is 6. The standard InChI is InChI=1S/C20H18N6O2/c21-13-15-11-20(23-19-5-4-17(26(27)28)12-18(15)19)25-9-7-24(8-10-25)14-16-3-1-2-6-22-16/h1-6,11-12H,7-10,14H2. The van der Waals surface area contributed by atoms with Gasteiger partial charge in [-0.2, -0.15) is 5.26 Å². The summed E-state index contributed by atoms with van der Waals surface area (Å²) in [6, 6.07) is 14.2. The van der Waals surface area contributed by atoms with Gasteiger partial charge in [-0.1, -0.05) is 6.07 Å². The number of pyridine rings is 2. The number of nitro benzene ring substituents is 1.